The van der Waals surface area contributed by atoms with E-state index in [1.54, 1.807) is 37.4 Å². The molecule has 30 heavy (non-hydrogen) atoms. The van der Waals surface area contributed by atoms with Gasteiger partial charge < -0.3 is 14.5 Å². The van der Waals surface area contributed by atoms with Crippen LogP contribution in [-0.2, 0) is 27.9 Å². The molecule has 0 saturated heterocycles. The van der Waals surface area contributed by atoms with Crippen LogP contribution >= 0.6 is 0 Å². The van der Waals surface area contributed by atoms with Gasteiger partial charge in [0.25, 0.3) is 0 Å². The molecule has 7 nitrogen and oxygen atoms in total. The monoisotopic (exact) mass is 426 g/mol. The Balaban J connectivity index is 1.49. The fourth-order valence-corrected chi connectivity index (χ4v) is 3.59. The molecule has 8 heteroatoms. The first-order valence-corrected chi connectivity index (χ1v) is 10.7. The first-order valence-electron chi connectivity index (χ1n) is 9.18. The van der Waals surface area contributed by atoms with Gasteiger partial charge in [0.1, 0.15) is 17.3 Å². The van der Waals surface area contributed by atoms with Crippen molar-refractivity contribution in [3.63, 3.8) is 0 Å². The predicted octanol–water partition coefficient (Wildman–Crippen LogP) is 3.10. The third-order valence-corrected chi connectivity index (χ3v) is 5.61. The number of nitrogens with one attached hydrogen (secondary N) is 2. The molecule has 0 bridgehead atoms. The van der Waals surface area contributed by atoms with E-state index in [0.717, 1.165) is 11.3 Å². The summed E-state index contributed by atoms with van der Waals surface area (Å²) in [5.41, 5.74) is 0.948. The normalized spacial score (nSPS) is 11.5. The summed E-state index contributed by atoms with van der Waals surface area (Å²) in [5, 5.41) is 2.78. The molecular formula is C22H22N2O5S. The van der Waals surface area contributed by atoms with Crippen molar-refractivity contribution in [1.82, 2.24) is 10.0 Å². The Morgan fingerprint density at radius 1 is 1.00 bits per heavy atom. The van der Waals surface area contributed by atoms with Gasteiger partial charge in [-0.3, -0.25) is 4.79 Å². The van der Waals surface area contributed by atoms with Gasteiger partial charge in [-0.05, 0) is 48.0 Å². The minimum Gasteiger partial charge on any atom is -0.497 e. The van der Waals surface area contributed by atoms with E-state index in [4.69, 9.17) is 9.15 Å². The largest absolute Gasteiger partial charge is 0.497 e. The van der Waals surface area contributed by atoms with Crippen LogP contribution in [0.15, 0.2) is 82.1 Å². The molecule has 156 valence electrons. The van der Waals surface area contributed by atoms with Gasteiger partial charge in [-0.1, -0.05) is 30.3 Å². The van der Waals surface area contributed by atoms with Gasteiger partial charge in [0.2, 0.25) is 15.9 Å². The SMILES string of the molecule is COc1ccc(CNC(=O)/C=C/c2ccc(CNS(=O)(=O)c3ccccc3)o2)cc1. The van der Waals surface area contributed by atoms with Gasteiger partial charge in [0.15, 0.2) is 0 Å². The average Bonchev–Trinajstić information content (AvgIpc) is 3.24. The number of carbonyl (C=O) groups excluding carboxylic acids is 1. The number of benzene rings is 2. The van der Waals surface area contributed by atoms with Crippen molar-refractivity contribution in [2.75, 3.05) is 7.11 Å². The van der Waals surface area contributed by atoms with Gasteiger partial charge >= 0.3 is 0 Å². The molecule has 1 amide bonds. The summed E-state index contributed by atoms with van der Waals surface area (Å²) in [6.07, 6.45) is 2.89. The highest BCUT2D eigenvalue weighted by Crippen LogP contribution is 2.13. The van der Waals surface area contributed by atoms with Gasteiger partial charge in [-0.2, -0.15) is 0 Å². The molecule has 2 aromatic carbocycles. The highest BCUT2D eigenvalue weighted by atomic mass is 32.2. The van der Waals surface area contributed by atoms with E-state index in [-0.39, 0.29) is 17.3 Å². The zero-order valence-electron chi connectivity index (χ0n) is 16.4. The number of methoxy groups -OCH3 is 1. The summed E-state index contributed by atoms with van der Waals surface area (Å²) >= 11 is 0. The Morgan fingerprint density at radius 2 is 1.73 bits per heavy atom. The lowest BCUT2D eigenvalue weighted by Gasteiger charge is -2.04. The van der Waals surface area contributed by atoms with Gasteiger partial charge in [-0.25, -0.2) is 13.1 Å². The lowest BCUT2D eigenvalue weighted by atomic mass is 10.2. The zero-order valence-corrected chi connectivity index (χ0v) is 17.2. The quantitative estimate of drug-likeness (QED) is 0.513. The summed E-state index contributed by atoms with van der Waals surface area (Å²) in [4.78, 5) is 12.2. The third kappa shape index (κ3) is 6.07. The second-order valence-corrected chi connectivity index (χ2v) is 8.11. The smallest absolute Gasteiger partial charge is 0.244 e. The van der Waals surface area contributed by atoms with Crippen molar-refractivity contribution in [2.45, 2.75) is 18.0 Å². The maximum absolute atomic E-state index is 12.2. The Labute approximate surface area is 175 Å². The van der Waals surface area contributed by atoms with E-state index in [9.17, 15) is 13.2 Å². The number of amides is 1. The molecule has 0 aliphatic carbocycles. The van der Waals surface area contributed by atoms with Crippen LogP contribution < -0.4 is 14.8 Å². The lowest BCUT2D eigenvalue weighted by Crippen LogP contribution is -2.22. The van der Waals surface area contributed by atoms with E-state index in [0.29, 0.717) is 18.1 Å². The summed E-state index contributed by atoms with van der Waals surface area (Å²) < 4.78 is 37.6. The van der Waals surface area contributed by atoms with Gasteiger partial charge in [0.05, 0.1) is 18.6 Å². The van der Waals surface area contributed by atoms with E-state index in [2.05, 4.69) is 10.0 Å². The summed E-state index contributed by atoms with van der Waals surface area (Å²) in [5.74, 6) is 1.37. The third-order valence-electron chi connectivity index (χ3n) is 4.20. The van der Waals surface area contributed by atoms with Gasteiger partial charge in [0, 0.05) is 12.6 Å². The highest BCUT2D eigenvalue weighted by molar-refractivity contribution is 7.89. The Kier molecular flexibility index (Phi) is 7.05. The van der Waals surface area contributed by atoms with E-state index in [1.807, 2.05) is 24.3 Å². The van der Waals surface area contributed by atoms with Crippen LogP contribution in [0.2, 0.25) is 0 Å². The van der Waals surface area contributed by atoms with Crippen LogP contribution in [-0.4, -0.2) is 21.4 Å². The molecule has 3 rings (SSSR count). The molecule has 2 N–H and O–H groups in total. The Hall–Kier alpha value is -3.36. The maximum Gasteiger partial charge on any atom is 0.244 e. The summed E-state index contributed by atoms with van der Waals surface area (Å²) in [6, 6.07) is 18.8. The Bertz CT molecular complexity index is 1100. The fourth-order valence-electron chi connectivity index (χ4n) is 2.58. The molecule has 0 saturated carbocycles. The molecule has 0 aliphatic rings. The second kappa shape index (κ2) is 9.91. The minimum absolute atomic E-state index is 0.00866. The molecule has 0 aliphatic heterocycles. The van der Waals surface area contributed by atoms with Crippen LogP contribution in [0, 0.1) is 0 Å². The highest BCUT2D eigenvalue weighted by Gasteiger charge is 2.13. The van der Waals surface area contributed by atoms with Crippen molar-refractivity contribution in [2.24, 2.45) is 0 Å². The van der Waals surface area contributed by atoms with Crippen LogP contribution in [0.5, 0.6) is 5.75 Å². The molecule has 0 unspecified atom stereocenters. The predicted molar refractivity (Wildman–Crippen MR) is 113 cm³/mol. The van der Waals surface area contributed by atoms with Crippen LogP contribution in [0.25, 0.3) is 6.08 Å². The first kappa shape index (κ1) is 21.4. The van der Waals surface area contributed by atoms with Crippen LogP contribution in [0.3, 0.4) is 0 Å². The number of rotatable bonds is 9. The number of furan rings is 1. The molecule has 1 heterocycles. The summed E-state index contributed by atoms with van der Waals surface area (Å²) in [6.45, 7) is 0.395. The zero-order chi connectivity index (χ0) is 21.4. The average molecular weight is 426 g/mol. The number of hydrogen-bond acceptors (Lipinski definition) is 5. The molecule has 0 fully saturated rings. The van der Waals surface area contributed by atoms with E-state index in [1.165, 1.54) is 24.3 Å². The van der Waals surface area contributed by atoms with Gasteiger partial charge in [-0.15, -0.1) is 0 Å². The van der Waals surface area contributed by atoms with Crippen molar-refractivity contribution in [3.05, 3.63) is 89.9 Å². The minimum atomic E-state index is -3.61. The molecule has 0 spiro atoms. The van der Waals surface area contributed by atoms with Crippen molar-refractivity contribution >= 4 is 22.0 Å². The van der Waals surface area contributed by atoms with E-state index < -0.39 is 10.0 Å². The van der Waals surface area contributed by atoms with Crippen LogP contribution in [0.1, 0.15) is 17.1 Å². The van der Waals surface area contributed by atoms with Crippen molar-refractivity contribution in [1.29, 1.82) is 0 Å². The fraction of sp³-hybridized carbons (Fsp3) is 0.136. The maximum atomic E-state index is 12.2. The standard InChI is InChI=1S/C22H22N2O5S/c1-28-18-9-7-17(8-10-18)15-23-22(25)14-13-19-11-12-20(29-19)16-24-30(26,27)21-5-3-2-4-6-21/h2-14,24H,15-16H2,1H3,(H,23,25)/b14-13+. The number of ether oxygens (including phenoxy) is 1. The van der Waals surface area contributed by atoms with Crippen molar-refractivity contribution < 1.29 is 22.4 Å². The molecule has 0 atom stereocenters. The second-order valence-electron chi connectivity index (χ2n) is 6.34. The Morgan fingerprint density at radius 3 is 2.43 bits per heavy atom. The molecular weight excluding hydrogens is 404 g/mol. The molecule has 1 aromatic heterocycles. The summed E-state index contributed by atoms with van der Waals surface area (Å²) in [7, 11) is -2.02. The first-order chi connectivity index (χ1) is 14.5. The number of hydrogen-bond donors (Lipinski definition) is 2. The molecule has 0 radical (unpaired) electrons. The van der Waals surface area contributed by atoms with E-state index >= 15 is 0 Å². The lowest BCUT2D eigenvalue weighted by molar-refractivity contribution is -0.116. The number of carbonyl (C=O) groups is 1. The topological polar surface area (TPSA) is 97.6 Å². The number of sulfonamides is 1. The van der Waals surface area contributed by atoms with Crippen molar-refractivity contribution in [3.8, 4) is 5.75 Å². The molecule has 3 aromatic rings. The van der Waals surface area contributed by atoms with Crippen LogP contribution in [0.4, 0.5) is 0 Å².